The van der Waals surface area contributed by atoms with Crippen molar-refractivity contribution < 1.29 is 22.7 Å². The lowest BCUT2D eigenvalue weighted by atomic mass is 10.1. The Morgan fingerprint density at radius 3 is 2.39 bits per heavy atom. The van der Waals surface area contributed by atoms with Gasteiger partial charge in [-0.05, 0) is 50.6 Å². The van der Waals surface area contributed by atoms with Crippen molar-refractivity contribution in [3.8, 4) is 0 Å². The van der Waals surface area contributed by atoms with E-state index < -0.39 is 28.4 Å². The first-order valence-corrected chi connectivity index (χ1v) is 11.0. The minimum Gasteiger partial charge on any atom is -0.462 e. The lowest BCUT2D eigenvalue weighted by Gasteiger charge is -2.17. The number of nitrogens with one attached hydrogen (secondary N) is 1. The van der Waals surface area contributed by atoms with E-state index in [1.165, 1.54) is 42.6 Å². The number of aryl methyl sites for hydroxylation is 1. The van der Waals surface area contributed by atoms with Crippen LogP contribution in [0.4, 0.5) is 5.00 Å². The van der Waals surface area contributed by atoms with Gasteiger partial charge in [0.1, 0.15) is 5.00 Å². The molecule has 7 nitrogen and oxygen atoms in total. The fourth-order valence-corrected chi connectivity index (χ4v) is 4.72. The number of hydrogen-bond donors (Lipinski definition) is 1. The highest BCUT2D eigenvalue weighted by Gasteiger charge is 2.25. The number of thiophene rings is 1. The number of ether oxygens (including phenoxy) is 1. The molecule has 1 amide bonds. The lowest BCUT2D eigenvalue weighted by molar-refractivity contribution is -0.116. The van der Waals surface area contributed by atoms with Crippen molar-refractivity contribution >= 4 is 49.8 Å². The van der Waals surface area contributed by atoms with E-state index in [9.17, 15) is 18.0 Å². The second-order valence-corrected chi connectivity index (χ2v) is 9.68. The number of nitrogens with zero attached hydrogens (tertiary/aromatic N) is 1. The van der Waals surface area contributed by atoms with E-state index in [1.54, 1.807) is 13.8 Å². The summed E-state index contributed by atoms with van der Waals surface area (Å²) >= 11 is 7.02. The molecule has 10 heteroatoms. The van der Waals surface area contributed by atoms with Gasteiger partial charge in [0.15, 0.2) is 0 Å². The van der Waals surface area contributed by atoms with E-state index in [-0.39, 0.29) is 11.5 Å². The van der Waals surface area contributed by atoms with Gasteiger partial charge in [-0.2, -0.15) is 4.31 Å². The predicted molar refractivity (Wildman–Crippen MR) is 110 cm³/mol. The highest BCUT2D eigenvalue weighted by atomic mass is 35.5. The van der Waals surface area contributed by atoms with Gasteiger partial charge in [-0.25, -0.2) is 13.2 Å². The third-order valence-corrected chi connectivity index (χ3v) is 7.20. The summed E-state index contributed by atoms with van der Waals surface area (Å²) in [7, 11) is -2.55. The fourth-order valence-electron chi connectivity index (χ4n) is 2.40. The highest BCUT2D eigenvalue weighted by Crippen LogP contribution is 2.33. The number of benzene rings is 1. The van der Waals surface area contributed by atoms with Gasteiger partial charge < -0.3 is 10.1 Å². The van der Waals surface area contributed by atoms with E-state index in [1.807, 2.05) is 6.92 Å². The Labute approximate surface area is 173 Å². The van der Waals surface area contributed by atoms with E-state index in [0.717, 1.165) is 14.7 Å². The van der Waals surface area contributed by atoms with E-state index in [0.29, 0.717) is 15.6 Å². The summed E-state index contributed by atoms with van der Waals surface area (Å²) < 4.78 is 31.1. The fraction of sp³-hybridized carbons (Fsp3) is 0.333. The van der Waals surface area contributed by atoms with Crippen molar-refractivity contribution in [3.05, 3.63) is 45.3 Å². The molecule has 0 saturated carbocycles. The van der Waals surface area contributed by atoms with Gasteiger partial charge in [0.05, 0.1) is 23.6 Å². The molecule has 1 aromatic carbocycles. The van der Waals surface area contributed by atoms with Crippen LogP contribution in [0.5, 0.6) is 0 Å². The van der Waals surface area contributed by atoms with Gasteiger partial charge in [0.25, 0.3) is 0 Å². The first-order valence-electron chi connectivity index (χ1n) is 8.36. The number of sulfonamides is 1. The quantitative estimate of drug-likeness (QED) is 0.660. The molecule has 0 radical (unpaired) electrons. The monoisotopic (exact) mass is 444 g/mol. The van der Waals surface area contributed by atoms with Crippen LogP contribution in [0.15, 0.2) is 29.2 Å². The standard InChI is InChI=1S/C18H21ClN2O5S2/c1-5-26-18(23)16-11(2)12(3)27-17(16)20-15(22)10-21(4)28(24,25)14-8-6-13(19)7-9-14/h6-9H,5,10H2,1-4H3,(H,20,22). The van der Waals surface area contributed by atoms with Crippen molar-refractivity contribution in [1.82, 2.24) is 4.31 Å². The van der Waals surface area contributed by atoms with Gasteiger partial charge in [0.2, 0.25) is 15.9 Å². The number of carbonyl (C=O) groups excluding carboxylic acids is 2. The average Bonchev–Trinajstić information content (AvgIpc) is 2.89. The largest absolute Gasteiger partial charge is 0.462 e. The molecule has 0 saturated heterocycles. The topological polar surface area (TPSA) is 92.8 Å². The summed E-state index contributed by atoms with van der Waals surface area (Å²) in [6.07, 6.45) is 0. The second-order valence-electron chi connectivity index (χ2n) is 5.97. The SMILES string of the molecule is CCOC(=O)c1c(NC(=O)CN(C)S(=O)(=O)c2ccc(Cl)cc2)sc(C)c1C. The van der Waals surface area contributed by atoms with Crippen LogP contribution >= 0.6 is 22.9 Å². The number of anilines is 1. The molecule has 0 aliphatic heterocycles. The van der Waals surface area contributed by atoms with Crippen molar-refractivity contribution in [2.45, 2.75) is 25.7 Å². The van der Waals surface area contributed by atoms with Crippen molar-refractivity contribution in [2.24, 2.45) is 0 Å². The first kappa shape index (κ1) is 22.4. The summed E-state index contributed by atoms with van der Waals surface area (Å²) in [4.78, 5) is 25.5. The van der Waals surface area contributed by atoms with Crippen LogP contribution in [0.2, 0.25) is 5.02 Å². The van der Waals surface area contributed by atoms with E-state index in [2.05, 4.69) is 5.32 Å². The number of hydrogen-bond acceptors (Lipinski definition) is 6. The zero-order valence-corrected chi connectivity index (χ0v) is 18.3. The zero-order valence-electron chi connectivity index (χ0n) is 15.9. The predicted octanol–water partition coefficient (Wildman–Crippen LogP) is 3.45. The van der Waals surface area contributed by atoms with E-state index in [4.69, 9.17) is 16.3 Å². The number of esters is 1. The maximum Gasteiger partial charge on any atom is 0.341 e. The van der Waals surface area contributed by atoms with E-state index >= 15 is 0 Å². The molecule has 0 fully saturated rings. The molecule has 152 valence electrons. The molecule has 0 aliphatic rings. The van der Waals surface area contributed by atoms with Crippen molar-refractivity contribution in [3.63, 3.8) is 0 Å². The summed E-state index contributed by atoms with van der Waals surface area (Å²) in [5.74, 6) is -1.09. The van der Waals surface area contributed by atoms with Crippen molar-refractivity contribution in [2.75, 3.05) is 25.5 Å². The maximum absolute atomic E-state index is 12.6. The van der Waals surface area contributed by atoms with Gasteiger partial charge in [-0.1, -0.05) is 11.6 Å². The minimum absolute atomic E-state index is 0.0298. The molecule has 0 bridgehead atoms. The maximum atomic E-state index is 12.6. The van der Waals surface area contributed by atoms with Crippen LogP contribution in [0.1, 0.15) is 27.7 Å². The molecule has 1 N–H and O–H groups in total. The van der Waals surface area contributed by atoms with Crippen LogP contribution in [-0.4, -0.2) is 44.8 Å². The molecule has 28 heavy (non-hydrogen) atoms. The molecule has 1 heterocycles. The number of halogens is 1. The molecule has 0 atom stereocenters. The van der Waals surface area contributed by atoms with Gasteiger partial charge in [0, 0.05) is 16.9 Å². The second kappa shape index (κ2) is 9.04. The molecule has 0 spiro atoms. The number of rotatable bonds is 7. The van der Waals surface area contributed by atoms with Crippen LogP contribution in [0.3, 0.4) is 0 Å². The molecule has 0 aliphatic carbocycles. The number of amides is 1. The highest BCUT2D eigenvalue weighted by molar-refractivity contribution is 7.89. The molecule has 1 aromatic heterocycles. The third-order valence-electron chi connectivity index (χ3n) is 4.01. The summed E-state index contributed by atoms with van der Waals surface area (Å²) in [5.41, 5.74) is 1.02. The Bertz CT molecular complexity index is 984. The Kier molecular flexibility index (Phi) is 7.22. The van der Waals surface area contributed by atoms with Crippen LogP contribution < -0.4 is 5.32 Å². The molecular weight excluding hydrogens is 424 g/mol. The lowest BCUT2D eigenvalue weighted by Crippen LogP contribution is -2.35. The average molecular weight is 445 g/mol. The Balaban J connectivity index is 2.17. The number of carbonyl (C=O) groups is 2. The Hall–Kier alpha value is -1.94. The van der Waals surface area contributed by atoms with Crippen LogP contribution in [-0.2, 0) is 19.6 Å². The van der Waals surface area contributed by atoms with Gasteiger partial charge in [-0.3, -0.25) is 4.79 Å². The summed E-state index contributed by atoms with van der Waals surface area (Å²) in [6.45, 7) is 5.09. The minimum atomic E-state index is -3.86. The zero-order chi connectivity index (χ0) is 21.1. The normalized spacial score (nSPS) is 11.5. The van der Waals surface area contributed by atoms with Crippen LogP contribution in [0.25, 0.3) is 0 Å². The Morgan fingerprint density at radius 2 is 1.82 bits per heavy atom. The Morgan fingerprint density at radius 1 is 1.21 bits per heavy atom. The molecule has 2 rings (SSSR count). The smallest absolute Gasteiger partial charge is 0.341 e. The van der Waals surface area contributed by atoms with Crippen LogP contribution in [0, 0.1) is 13.8 Å². The van der Waals surface area contributed by atoms with Gasteiger partial charge in [-0.15, -0.1) is 11.3 Å². The third kappa shape index (κ3) is 4.91. The first-order chi connectivity index (χ1) is 13.1. The molecule has 0 unspecified atom stereocenters. The molecule has 2 aromatic rings. The summed E-state index contributed by atoms with van der Waals surface area (Å²) in [5, 5.41) is 3.38. The summed E-state index contributed by atoms with van der Waals surface area (Å²) in [6, 6.07) is 5.67. The molecular formula is C18H21ClN2O5S2. The number of likely N-dealkylation sites (N-methyl/N-ethyl adjacent to an activating group) is 1. The van der Waals surface area contributed by atoms with Crippen molar-refractivity contribution in [1.29, 1.82) is 0 Å². The van der Waals surface area contributed by atoms with Gasteiger partial charge >= 0.3 is 5.97 Å².